The Kier molecular flexibility index (Phi) is 8.76. The topological polar surface area (TPSA) is 88.3 Å². The first kappa shape index (κ1) is 30.9. The standard InChI is InChI=1S/C37H32F2N4O2S/c1-22-23(2)36(46-33(22)19-42-35(44)16-4-24-3-15-34(40)41-18-24)31-14-11-28(17-32(31)26-9-12-29(38)13-10-26)25-5-7-27(8-6-25)37(45)43-20-30(39)21-43/h3-18,30H,19-21H2,1-2H3,(H2,40,41)(H,42,44)/b16-4+. The Morgan fingerprint density at radius 3 is 2.30 bits per heavy atom. The molecular formula is C37H32F2N4O2S. The van der Waals surface area contributed by atoms with Gasteiger partial charge in [-0.2, -0.15) is 0 Å². The van der Waals surface area contributed by atoms with Gasteiger partial charge in [-0.15, -0.1) is 11.3 Å². The molecule has 9 heteroatoms. The third kappa shape index (κ3) is 6.60. The average Bonchev–Trinajstić information content (AvgIpc) is 3.34. The number of carbonyl (C=O) groups is 2. The Morgan fingerprint density at radius 2 is 1.63 bits per heavy atom. The van der Waals surface area contributed by atoms with Gasteiger partial charge in [-0.25, -0.2) is 13.8 Å². The first-order valence-electron chi connectivity index (χ1n) is 14.9. The molecule has 6 nitrogen and oxygen atoms in total. The zero-order valence-electron chi connectivity index (χ0n) is 25.4. The number of anilines is 1. The number of amides is 2. The van der Waals surface area contributed by atoms with Crippen molar-refractivity contribution in [3.63, 3.8) is 0 Å². The summed E-state index contributed by atoms with van der Waals surface area (Å²) in [5.41, 5.74) is 13.8. The van der Waals surface area contributed by atoms with E-state index < -0.39 is 6.17 Å². The van der Waals surface area contributed by atoms with Gasteiger partial charge in [0.1, 0.15) is 17.8 Å². The Labute approximate surface area is 270 Å². The Balaban J connectivity index is 1.27. The molecule has 3 N–H and O–H groups in total. The number of alkyl halides is 1. The van der Waals surface area contributed by atoms with Crippen LogP contribution in [-0.2, 0) is 11.3 Å². The smallest absolute Gasteiger partial charge is 0.254 e. The molecule has 0 saturated carbocycles. The molecule has 5 aromatic rings. The maximum atomic E-state index is 13.9. The summed E-state index contributed by atoms with van der Waals surface area (Å²) in [6, 6.07) is 23.4. The van der Waals surface area contributed by atoms with Gasteiger partial charge in [-0.1, -0.05) is 36.4 Å². The molecule has 1 aliphatic heterocycles. The van der Waals surface area contributed by atoms with Gasteiger partial charge in [-0.3, -0.25) is 9.59 Å². The highest BCUT2D eigenvalue weighted by atomic mass is 32.1. The van der Waals surface area contributed by atoms with Crippen LogP contribution in [-0.4, -0.2) is 41.0 Å². The quantitative estimate of drug-likeness (QED) is 0.172. The first-order valence-corrected chi connectivity index (χ1v) is 15.7. The van der Waals surface area contributed by atoms with Crippen molar-refractivity contribution in [2.45, 2.75) is 26.6 Å². The van der Waals surface area contributed by atoms with Gasteiger partial charge in [0.2, 0.25) is 5.91 Å². The number of thiophene rings is 1. The summed E-state index contributed by atoms with van der Waals surface area (Å²) >= 11 is 1.62. The number of benzene rings is 3. The monoisotopic (exact) mass is 634 g/mol. The number of halogens is 2. The van der Waals surface area contributed by atoms with E-state index in [0.29, 0.717) is 17.9 Å². The Bertz CT molecular complexity index is 1930. The van der Waals surface area contributed by atoms with Gasteiger partial charge in [0.15, 0.2) is 0 Å². The number of hydrogen-bond donors (Lipinski definition) is 2. The molecule has 0 spiro atoms. The molecule has 0 unspecified atom stereocenters. The molecule has 6 rings (SSSR count). The number of nitrogens with one attached hydrogen (secondary N) is 1. The number of hydrogen-bond acceptors (Lipinski definition) is 5. The van der Waals surface area contributed by atoms with E-state index in [0.717, 1.165) is 54.3 Å². The predicted octanol–water partition coefficient (Wildman–Crippen LogP) is 7.61. The fraction of sp³-hybridized carbons (Fsp3) is 0.162. The SMILES string of the molecule is Cc1c(CNC(=O)/C=C/c2ccc(N)nc2)sc(-c2ccc(-c3ccc(C(=O)N4CC(F)C4)cc3)cc2-c2ccc(F)cc2)c1C. The highest BCUT2D eigenvalue weighted by Gasteiger charge is 2.30. The number of likely N-dealkylation sites (tertiary alicyclic amines) is 1. The molecular weight excluding hydrogens is 602 g/mol. The minimum atomic E-state index is -0.946. The number of rotatable bonds is 8. The van der Waals surface area contributed by atoms with Crippen LogP contribution < -0.4 is 11.1 Å². The van der Waals surface area contributed by atoms with Gasteiger partial charge < -0.3 is 16.0 Å². The van der Waals surface area contributed by atoms with E-state index >= 15 is 0 Å². The molecule has 0 radical (unpaired) electrons. The van der Waals surface area contributed by atoms with Crippen LogP contribution in [0.5, 0.6) is 0 Å². The predicted molar refractivity (Wildman–Crippen MR) is 180 cm³/mol. The van der Waals surface area contributed by atoms with Crippen LogP contribution in [0.25, 0.3) is 38.8 Å². The lowest BCUT2D eigenvalue weighted by Gasteiger charge is -2.34. The number of aromatic nitrogens is 1. The van der Waals surface area contributed by atoms with Crippen LogP contribution in [0.3, 0.4) is 0 Å². The second-order valence-electron chi connectivity index (χ2n) is 11.3. The lowest BCUT2D eigenvalue weighted by Crippen LogP contribution is -2.51. The lowest BCUT2D eigenvalue weighted by molar-refractivity contribution is -0.116. The maximum Gasteiger partial charge on any atom is 0.254 e. The molecule has 0 atom stereocenters. The van der Waals surface area contributed by atoms with Gasteiger partial charge in [0.25, 0.3) is 5.91 Å². The van der Waals surface area contributed by atoms with Crippen molar-refractivity contribution in [1.82, 2.24) is 15.2 Å². The van der Waals surface area contributed by atoms with Crippen molar-refractivity contribution < 1.29 is 18.4 Å². The second kappa shape index (κ2) is 13.1. The Hall–Kier alpha value is -5.15. The molecule has 0 aliphatic carbocycles. The van der Waals surface area contributed by atoms with Crippen LogP contribution >= 0.6 is 11.3 Å². The van der Waals surface area contributed by atoms with E-state index in [9.17, 15) is 18.4 Å². The van der Waals surface area contributed by atoms with Crippen LogP contribution in [0.2, 0.25) is 0 Å². The molecule has 0 bridgehead atoms. The summed E-state index contributed by atoms with van der Waals surface area (Å²) in [4.78, 5) is 32.9. The van der Waals surface area contributed by atoms with Crippen molar-refractivity contribution in [2.24, 2.45) is 0 Å². The summed E-state index contributed by atoms with van der Waals surface area (Å²) in [5, 5.41) is 2.98. The third-order valence-electron chi connectivity index (χ3n) is 8.21. The van der Waals surface area contributed by atoms with Crippen LogP contribution in [0, 0.1) is 19.7 Å². The van der Waals surface area contributed by atoms with Gasteiger partial charge in [0.05, 0.1) is 19.6 Å². The van der Waals surface area contributed by atoms with E-state index in [1.54, 1.807) is 60.0 Å². The highest BCUT2D eigenvalue weighted by Crippen LogP contribution is 2.42. The molecule has 2 amide bonds. The lowest BCUT2D eigenvalue weighted by atomic mass is 9.92. The molecule has 3 heterocycles. The summed E-state index contributed by atoms with van der Waals surface area (Å²) in [6.07, 6.45) is 3.82. The summed E-state index contributed by atoms with van der Waals surface area (Å²) in [6.45, 7) is 4.77. The summed E-state index contributed by atoms with van der Waals surface area (Å²) in [7, 11) is 0. The molecule has 1 saturated heterocycles. The van der Waals surface area contributed by atoms with Gasteiger partial charge in [0, 0.05) is 27.6 Å². The van der Waals surface area contributed by atoms with Crippen molar-refractivity contribution in [2.75, 3.05) is 18.8 Å². The number of carbonyl (C=O) groups excluding carboxylic acids is 2. The Morgan fingerprint density at radius 1 is 0.935 bits per heavy atom. The van der Waals surface area contributed by atoms with Crippen LogP contribution in [0.4, 0.5) is 14.6 Å². The zero-order valence-corrected chi connectivity index (χ0v) is 26.2. The largest absolute Gasteiger partial charge is 0.384 e. The van der Waals surface area contributed by atoms with Gasteiger partial charge >= 0.3 is 0 Å². The van der Waals surface area contributed by atoms with E-state index in [-0.39, 0.29) is 30.7 Å². The van der Waals surface area contributed by atoms with Crippen molar-refractivity contribution in [3.05, 3.63) is 124 Å². The summed E-state index contributed by atoms with van der Waals surface area (Å²) in [5.74, 6) is -0.287. The zero-order chi connectivity index (χ0) is 32.4. The minimum absolute atomic E-state index is 0.137. The van der Waals surface area contributed by atoms with E-state index in [4.69, 9.17) is 5.73 Å². The van der Waals surface area contributed by atoms with Crippen LogP contribution in [0.1, 0.15) is 31.9 Å². The van der Waals surface area contributed by atoms with Crippen LogP contribution in [0.15, 0.2) is 91.1 Å². The van der Waals surface area contributed by atoms with E-state index in [2.05, 4.69) is 36.3 Å². The molecule has 3 aromatic carbocycles. The van der Waals surface area contributed by atoms with Crippen molar-refractivity contribution in [1.29, 1.82) is 0 Å². The number of pyridine rings is 1. The minimum Gasteiger partial charge on any atom is -0.384 e. The molecule has 1 aliphatic rings. The maximum absolute atomic E-state index is 13.9. The molecule has 2 aromatic heterocycles. The van der Waals surface area contributed by atoms with Gasteiger partial charge in [-0.05, 0) is 107 Å². The van der Waals surface area contributed by atoms with Crippen molar-refractivity contribution in [3.8, 4) is 32.7 Å². The fourth-order valence-corrected chi connectivity index (χ4v) is 6.65. The fourth-order valence-electron chi connectivity index (χ4n) is 5.36. The summed E-state index contributed by atoms with van der Waals surface area (Å²) < 4.78 is 27.2. The third-order valence-corrected chi connectivity index (χ3v) is 9.64. The molecule has 232 valence electrons. The normalized spacial score (nSPS) is 13.2. The van der Waals surface area contributed by atoms with E-state index in [1.165, 1.54) is 23.1 Å². The highest BCUT2D eigenvalue weighted by molar-refractivity contribution is 7.16. The number of nitrogen functional groups attached to an aromatic ring is 1. The number of nitrogens with two attached hydrogens (primary N) is 1. The molecule has 46 heavy (non-hydrogen) atoms. The first-order chi connectivity index (χ1) is 22.2. The average molecular weight is 635 g/mol. The number of nitrogens with zero attached hydrogens (tertiary/aromatic N) is 2. The van der Waals surface area contributed by atoms with Crippen molar-refractivity contribution >= 4 is 35.0 Å². The molecule has 1 fully saturated rings. The second-order valence-corrected chi connectivity index (χ2v) is 12.4. The van der Waals surface area contributed by atoms with E-state index in [1.807, 2.05) is 18.2 Å².